The number of carbonyl (C=O) groups is 2. The maximum atomic E-state index is 12.3. The third-order valence-electron chi connectivity index (χ3n) is 5.03. The third kappa shape index (κ3) is 4.29. The summed E-state index contributed by atoms with van der Waals surface area (Å²) in [6.45, 7) is 8.09. The number of hydrogen-bond donors (Lipinski definition) is 2. The number of likely N-dealkylation sites (N-methyl/N-ethyl adjacent to an activating group) is 1. The number of piperazine rings is 1. The van der Waals surface area contributed by atoms with Crippen LogP contribution in [0.1, 0.15) is 17.5 Å². The van der Waals surface area contributed by atoms with Gasteiger partial charge in [0.2, 0.25) is 5.91 Å². The van der Waals surface area contributed by atoms with Gasteiger partial charge < -0.3 is 15.1 Å². The van der Waals surface area contributed by atoms with E-state index >= 15 is 0 Å². The number of aryl methyl sites for hydroxylation is 2. The lowest BCUT2D eigenvalue weighted by Crippen LogP contribution is -2.56. The van der Waals surface area contributed by atoms with Crippen LogP contribution in [-0.4, -0.2) is 67.7 Å². The molecule has 2 aliphatic heterocycles. The molecule has 0 spiro atoms. The van der Waals surface area contributed by atoms with Crippen molar-refractivity contribution in [3.8, 4) is 0 Å². The monoisotopic (exact) mass is 345 g/mol. The molecule has 0 aliphatic carbocycles. The molecule has 1 aromatic carbocycles. The molecule has 25 heavy (non-hydrogen) atoms. The van der Waals surface area contributed by atoms with Crippen molar-refractivity contribution in [1.29, 1.82) is 0 Å². The number of amides is 3. The Kier molecular flexibility index (Phi) is 5.24. The summed E-state index contributed by atoms with van der Waals surface area (Å²) in [6.07, 6.45) is 0.336. The summed E-state index contributed by atoms with van der Waals surface area (Å²) in [6, 6.07) is 5.62. The first-order valence-corrected chi connectivity index (χ1v) is 8.80. The zero-order valence-electron chi connectivity index (χ0n) is 15.2. The quantitative estimate of drug-likeness (QED) is 0.853. The maximum absolute atomic E-state index is 12.3. The highest BCUT2D eigenvalue weighted by Crippen LogP contribution is 2.24. The summed E-state index contributed by atoms with van der Waals surface area (Å²) >= 11 is 0. The van der Waals surface area contributed by atoms with Crippen LogP contribution in [0.3, 0.4) is 0 Å². The fourth-order valence-electron chi connectivity index (χ4n) is 3.23. The smallest absolute Gasteiger partial charge is 0.329 e. The van der Waals surface area contributed by atoms with Crippen LogP contribution < -0.4 is 15.6 Å². The van der Waals surface area contributed by atoms with Gasteiger partial charge in [0.15, 0.2) is 0 Å². The second kappa shape index (κ2) is 7.41. The van der Waals surface area contributed by atoms with E-state index in [0.29, 0.717) is 13.0 Å². The number of nitrogens with zero attached hydrogens (tertiary/aromatic N) is 3. The Morgan fingerprint density at radius 1 is 1.12 bits per heavy atom. The molecule has 3 amide bonds. The molecule has 0 bridgehead atoms. The summed E-state index contributed by atoms with van der Waals surface area (Å²) in [5.74, 6) is 0.0492. The predicted molar refractivity (Wildman–Crippen MR) is 97.4 cm³/mol. The minimum atomic E-state index is -0.232. The van der Waals surface area contributed by atoms with Crippen LogP contribution in [0.25, 0.3) is 0 Å². The zero-order valence-corrected chi connectivity index (χ0v) is 15.2. The van der Waals surface area contributed by atoms with Crippen molar-refractivity contribution in [2.45, 2.75) is 26.3 Å². The van der Waals surface area contributed by atoms with E-state index in [1.54, 1.807) is 4.90 Å². The predicted octanol–water partition coefficient (Wildman–Crippen LogP) is 0.870. The van der Waals surface area contributed by atoms with Crippen LogP contribution in [0, 0.1) is 13.8 Å². The summed E-state index contributed by atoms with van der Waals surface area (Å²) in [4.78, 5) is 28.5. The lowest BCUT2D eigenvalue weighted by Gasteiger charge is -2.32. The Morgan fingerprint density at radius 3 is 2.52 bits per heavy atom. The highest BCUT2D eigenvalue weighted by atomic mass is 16.2. The minimum Gasteiger partial charge on any atom is -0.332 e. The first-order valence-electron chi connectivity index (χ1n) is 8.80. The number of hydrazine groups is 1. The molecule has 1 aromatic rings. The van der Waals surface area contributed by atoms with Gasteiger partial charge in [-0.25, -0.2) is 9.80 Å². The summed E-state index contributed by atoms with van der Waals surface area (Å²) in [5.41, 5.74) is 6.15. The van der Waals surface area contributed by atoms with Gasteiger partial charge >= 0.3 is 6.03 Å². The summed E-state index contributed by atoms with van der Waals surface area (Å²) in [5, 5.41) is 4.85. The number of anilines is 1. The molecule has 0 saturated carbocycles. The zero-order chi connectivity index (χ0) is 18.0. The average molecular weight is 345 g/mol. The van der Waals surface area contributed by atoms with E-state index in [1.165, 1.54) is 5.56 Å². The SMILES string of the molecule is Cc1ccc(N2C[C@@H](NC(=O)NN3CCN(C)CC3)CC2=O)cc1C. The van der Waals surface area contributed by atoms with Gasteiger partial charge in [-0.2, -0.15) is 0 Å². The molecule has 2 saturated heterocycles. The van der Waals surface area contributed by atoms with Gasteiger partial charge in [0.1, 0.15) is 0 Å². The average Bonchev–Trinajstić information content (AvgIpc) is 2.92. The van der Waals surface area contributed by atoms with Gasteiger partial charge in [-0.15, -0.1) is 0 Å². The summed E-state index contributed by atoms with van der Waals surface area (Å²) in [7, 11) is 2.07. The van der Waals surface area contributed by atoms with Crippen molar-refractivity contribution in [3.05, 3.63) is 29.3 Å². The molecule has 1 atom stereocenters. The molecule has 2 N–H and O–H groups in total. The Labute approximate surface area is 148 Å². The molecule has 0 aromatic heterocycles. The van der Waals surface area contributed by atoms with Gasteiger partial charge in [0.25, 0.3) is 0 Å². The molecule has 0 radical (unpaired) electrons. The molecule has 7 nitrogen and oxygen atoms in total. The number of rotatable bonds is 3. The van der Waals surface area contributed by atoms with Crippen LogP contribution in [0.15, 0.2) is 18.2 Å². The first kappa shape index (κ1) is 17.7. The Bertz CT molecular complexity index is 655. The molecule has 0 unspecified atom stereocenters. The Morgan fingerprint density at radius 2 is 1.84 bits per heavy atom. The number of carbonyl (C=O) groups excluding carboxylic acids is 2. The standard InChI is InChI=1S/C18H27N5O2/c1-13-4-5-16(10-14(13)2)23-12-15(11-17(23)24)19-18(25)20-22-8-6-21(3)7-9-22/h4-5,10,15H,6-9,11-12H2,1-3H3,(H2,19,20,25)/t15-/m0/s1. The number of benzene rings is 1. The molecule has 2 aliphatic rings. The topological polar surface area (TPSA) is 67.9 Å². The van der Waals surface area contributed by atoms with E-state index in [1.807, 2.05) is 30.1 Å². The van der Waals surface area contributed by atoms with Gasteiger partial charge in [0, 0.05) is 44.8 Å². The molecule has 2 fully saturated rings. The van der Waals surface area contributed by atoms with Gasteiger partial charge in [0.05, 0.1) is 6.04 Å². The van der Waals surface area contributed by atoms with Gasteiger partial charge in [-0.3, -0.25) is 10.2 Å². The second-order valence-corrected chi connectivity index (χ2v) is 7.05. The Balaban J connectivity index is 1.53. The third-order valence-corrected chi connectivity index (χ3v) is 5.03. The number of nitrogens with one attached hydrogen (secondary N) is 2. The van der Waals surface area contributed by atoms with E-state index in [4.69, 9.17) is 0 Å². The van der Waals surface area contributed by atoms with Gasteiger partial charge in [-0.1, -0.05) is 6.07 Å². The highest BCUT2D eigenvalue weighted by molar-refractivity contribution is 5.96. The van der Waals surface area contributed by atoms with Crippen molar-refractivity contribution >= 4 is 17.6 Å². The first-order chi connectivity index (χ1) is 11.9. The highest BCUT2D eigenvalue weighted by Gasteiger charge is 2.32. The van der Waals surface area contributed by atoms with Crippen LogP contribution in [0.2, 0.25) is 0 Å². The lowest BCUT2D eigenvalue weighted by molar-refractivity contribution is -0.117. The van der Waals surface area contributed by atoms with Crippen LogP contribution in [0.4, 0.5) is 10.5 Å². The largest absolute Gasteiger partial charge is 0.332 e. The molecular weight excluding hydrogens is 318 g/mol. The molecule has 7 heteroatoms. The summed E-state index contributed by atoms with van der Waals surface area (Å²) < 4.78 is 0. The number of urea groups is 1. The Hall–Kier alpha value is -2.12. The van der Waals surface area contributed by atoms with E-state index in [9.17, 15) is 9.59 Å². The van der Waals surface area contributed by atoms with E-state index < -0.39 is 0 Å². The molecule has 2 heterocycles. The molecule has 3 rings (SSSR count). The molecule has 136 valence electrons. The van der Waals surface area contributed by atoms with Crippen LogP contribution in [-0.2, 0) is 4.79 Å². The fraction of sp³-hybridized carbons (Fsp3) is 0.556. The fourth-order valence-corrected chi connectivity index (χ4v) is 3.23. The second-order valence-electron chi connectivity index (χ2n) is 7.05. The van der Waals surface area contributed by atoms with E-state index in [-0.39, 0.29) is 18.0 Å². The van der Waals surface area contributed by atoms with Crippen molar-refractivity contribution in [3.63, 3.8) is 0 Å². The van der Waals surface area contributed by atoms with Crippen molar-refractivity contribution in [1.82, 2.24) is 20.7 Å². The van der Waals surface area contributed by atoms with Crippen LogP contribution >= 0.6 is 0 Å². The van der Waals surface area contributed by atoms with E-state index in [2.05, 4.69) is 29.6 Å². The van der Waals surface area contributed by atoms with Crippen LogP contribution in [0.5, 0.6) is 0 Å². The van der Waals surface area contributed by atoms with Crippen molar-refractivity contribution in [2.75, 3.05) is 44.7 Å². The lowest BCUT2D eigenvalue weighted by atomic mass is 10.1. The van der Waals surface area contributed by atoms with E-state index in [0.717, 1.165) is 37.4 Å². The van der Waals surface area contributed by atoms with Crippen molar-refractivity contribution in [2.24, 2.45) is 0 Å². The van der Waals surface area contributed by atoms with Crippen molar-refractivity contribution < 1.29 is 9.59 Å². The minimum absolute atomic E-state index is 0.0492. The molecular formula is C18H27N5O2. The normalized spacial score (nSPS) is 22.3. The maximum Gasteiger partial charge on any atom is 0.329 e. The number of hydrogen-bond acceptors (Lipinski definition) is 4. The van der Waals surface area contributed by atoms with Gasteiger partial charge in [-0.05, 0) is 44.2 Å².